The molecule has 1 aliphatic heterocycles. The van der Waals surface area contributed by atoms with Crippen LogP contribution in [0.25, 0.3) is 0 Å². The SMILES string of the molecule is Cc1cn([C@H]2C[C@H](O)[C@H](COC(=O)c3ccccc3)O2)c(=O)[nH]c1=O. The fourth-order valence-electron chi connectivity index (χ4n) is 2.65. The molecule has 0 unspecified atom stereocenters. The highest BCUT2D eigenvalue weighted by Gasteiger charge is 2.36. The van der Waals surface area contributed by atoms with E-state index in [0.717, 1.165) is 0 Å². The standard InChI is InChI=1S/C17H18N2O6/c1-10-8-19(17(23)18-15(10)21)14-7-12(20)13(25-14)9-24-16(22)11-5-3-2-4-6-11/h2-6,8,12-14,20H,7,9H2,1H3,(H,18,21,23)/t12-,13-,14+/m0/s1. The predicted octanol–water partition coefficient (Wildman–Crippen LogP) is 0.350. The van der Waals surface area contributed by atoms with E-state index in [1.165, 1.54) is 10.8 Å². The van der Waals surface area contributed by atoms with Gasteiger partial charge in [-0.2, -0.15) is 0 Å². The van der Waals surface area contributed by atoms with E-state index in [9.17, 15) is 19.5 Å². The van der Waals surface area contributed by atoms with Crippen molar-refractivity contribution >= 4 is 5.97 Å². The highest BCUT2D eigenvalue weighted by molar-refractivity contribution is 5.89. The molecule has 1 saturated heterocycles. The third-order valence-corrected chi connectivity index (χ3v) is 4.05. The number of carbonyl (C=O) groups is 1. The Morgan fingerprint density at radius 2 is 2.08 bits per heavy atom. The second-order valence-electron chi connectivity index (χ2n) is 5.88. The van der Waals surface area contributed by atoms with Crippen LogP contribution < -0.4 is 11.2 Å². The maximum atomic E-state index is 11.9. The van der Waals surface area contributed by atoms with Crippen LogP contribution in [0.4, 0.5) is 0 Å². The molecule has 3 rings (SSSR count). The molecule has 0 saturated carbocycles. The topological polar surface area (TPSA) is 111 Å². The molecule has 8 heteroatoms. The van der Waals surface area contributed by atoms with Gasteiger partial charge in [0, 0.05) is 18.2 Å². The van der Waals surface area contributed by atoms with E-state index in [2.05, 4.69) is 4.98 Å². The van der Waals surface area contributed by atoms with Gasteiger partial charge in [0.1, 0.15) is 18.9 Å². The van der Waals surface area contributed by atoms with Gasteiger partial charge < -0.3 is 14.6 Å². The van der Waals surface area contributed by atoms with E-state index in [-0.39, 0.29) is 13.0 Å². The first kappa shape index (κ1) is 17.1. The second-order valence-corrected chi connectivity index (χ2v) is 5.88. The lowest BCUT2D eigenvalue weighted by molar-refractivity contribution is -0.0532. The van der Waals surface area contributed by atoms with Crippen LogP contribution in [-0.4, -0.2) is 39.4 Å². The number of aliphatic hydroxyl groups is 1. The number of rotatable bonds is 4. The number of benzene rings is 1. The van der Waals surface area contributed by atoms with Crippen LogP contribution in [0.1, 0.15) is 28.6 Å². The molecule has 1 aromatic carbocycles. The zero-order valence-electron chi connectivity index (χ0n) is 13.5. The number of hydrogen-bond acceptors (Lipinski definition) is 6. The van der Waals surface area contributed by atoms with E-state index < -0.39 is 35.7 Å². The first-order valence-electron chi connectivity index (χ1n) is 7.83. The average Bonchev–Trinajstić information content (AvgIpc) is 2.97. The van der Waals surface area contributed by atoms with Crippen LogP contribution in [0.15, 0.2) is 46.1 Å². The van der Waals surface area contributed by atoms with Crippen molar-refractivity contribution in [2.75, 3.05) is 6.61 Å². The average molecular weight is 346 g/mol. The lowest BCUT2D eigenvalue weighted by Gasteiger charge is -2.16. The molecule has 0 radical (unpaired) electrons. The van der Waals surface area contributed by atoms with Crippen LogP contribution in [0.2, 0.25) is 0 Å². The third-order valence-electron chi connectivity index (χ3n) is 4.05. The van der Waals surface area contributed by atoms with Crippen LogP contribution in [0, 0.1) is 6.92 Å². The molecule has 1 fully saturated rings. The minimum atomic E-state index is -0.896. The number of H-pyrrole nitrogens is 1. The quantitative estimate of drug-likeness (QED) is 0.773. The number of nitrogens with zero attached hydrogens (tertiary/aromatic N) is 1. The van der Waals surface area contributed by atoms with Crippen LogP contribution in [-0.2, 0) is 9.47 Å². The smallest absolute Gasteiger partial charge is 0.338 e. The van der Waals surface area contributed by atoms with Gasteiger partial charge in [0.2, 0.25) is 0 Å². The summed E-state index contributed by atoms with van der Waals surface area (Å²) >= 11 is 0. The van der Waals surface area contributed by atoms with Crippen molar-refractivity contribution in [3.63, 3.8) is 0 Å². The zero-order valence-corrected chi connectivity index (χ0v) is 13.5. The summed E-state index contributed by atoms with van der Waals surface area (Å²) in [4.78, 5) is 37.5. The highest BCUT2D eigenvalue weighted by Crippen LogP contribution is 2.27. The van der Waals surface area contributed by atoms with Crippen LogP contribution in [0.5, 0.6) is 0 Å². The molecule has 132 valence electrons. The zero-order chi connectivity index (χ0) is 18.0. The van der Waals surface area contributed by atoms with E-state index in [0.29, 0.717) is 11.1 Å². The maximum absolute atomic E-state index is 11.9. The first-order chi connectivity index (χ1) is 12.0. The van der Waals surface area contributed by atoms with E-state index in [4.69, 9.17) is 9.47 Å². The fraction of sp³-hybridized carbons (Fsp3) is 0.353. The molecule has 2 heterocycles. The number of aliphatic hydroxyl groups excluding tert-OH is 1. The van der Waals surface area contributed by atoms with Crippen molar-refractivity contribution in [3.05, 3.63) is 68.5 Å². The highest BCUT2D eigenvalue weighted by atomic mass is 16.6. The lowest BCUT2D eigenvalue weighted by atomic mass is 10.2. The van der Waals surface area contributed by atoms with Gasteiger partial charge >= 0.3 is 11.7 Å². The molecule has 0 amide bonds. The summed E-state index contributed by atoms with van der Waals surface area (Å²) in [5.41, 5.74) is -0.321. The van der Waals surface area contributed by atoms with Crippen molar-refractivity contribution in [1.82, 2.24) is 9.55 Å². The van der Waals surface area contributed by atoms with Gasteiger partial charge in [-0.1, -0.05) is 18.2 Å². The number of aryl methyl sites for hydroxylation is 1. The number of hydrogen-bond donors (Lipinski definition) is 2. The number of aromatic nitrogens is 2. The summed E-state index contributed by atoms with van der Waals surface area (Å²) in [6.45, 7) is 1.43. The second kappa shape index (κ2) is 7.04. The summed E-state index contributed by atoms with van der Waals surface area (Å²) in [6, 6.07) is 8.48. The summed E-state index contributed by atoms with van der Waals surface area (Å²) in [6.07, 6.45) is -0.849. The summed E-state index contributed by atoms with van der Waals surface area (Å²) in [5, 5.41) is 10.1. The molecule has 0 aliphatic carbocycles. The Morgan fingerprint density at radius 1 is 1.36 bits per heavy atom. The predicted molar refractivity (Wildman–Crippen MR) is 87.3 cm³/mol. The third kappa shape index (κ3) is 3.70. The van der Waals surface area contributed by atoms with Gasteiger partial charge in [-0.05, 0) is 19.1 Å². The molecule has 0 bridgehead atoms. The molecule has 1 aromatic heterocycles. The molecule has 2 aromatic rings. The Balaban J connectivity index is 1.66. The van der Waals surface area contributed by atoms with Crippen molar-refractivity contribution in [3.8, 4) is 0 Å². The minimum absolute atomic E-state index is 0.136. The minimum Gasteiger partial charge on any atom is -0.459 e. The van der Waals surface area contributed by atoms with Gasteiger partial charge in [-0.25, -0.2) is 9.59 Å². The van der Waals surface area contributed by atoms with Crippen molar-refractivity contribution in [1.29, 1.82) is 0 Å². The Bertz CT molecular complexity index is 873. The van der Waals surface area contributed by atoms with Crippen molar-refractivity contribution in [2.45, 2.75) is 31.8 Å². The molecule has 3 atom stereocenters. The molecule has 8 nitrogen and oxygen atoms in total. The number of ether oxygens (including phenoxy) is 2. The molecule has 0 spiro atoms. The Morgan fingerprint density at radius 3 is 2.80 bits per heavy atom. The fourth-order valence-corrected chi connectivity index (χ4v) is 2.65. The monoisotopic (exact) mass is 346 g/mol. The number of aromatic amines is 1. The molecule has 25 heavy (non-hydrogen) atoms. The van der Waals surface area contributed by atoms with Crippen LogP contribution in [0.3, 0.4) is 0 Å². The largest absolute Gasteiger partial charge is 0.459 e. The molecular weight excluding hydrogens is 328 g/mol. The summed E-state index contributed by atoms with van der Waals surface area (Å²) < 4.78 is 12.0. The van der Waals surface area contributed by atoms with Gasteiger partial charge in [0.25, 0.3) is 5.56 Å². The number of esters is 1. The maximum Gasteiger partial charge on any atom is 0.338 e. The number of carbonyl (C=O) groups excluding carboxylic acids is 1. The lowest BCUT2D eigenvalue weighted by Crippen LogP contribution is -2.33. The van der Waals surface area contributed by atoms with Crippen molar-refractivity contribution < 1.29 is 19.4 Å². The molecular formula is C17H18N2O6. The van der Waals surface area contributed by atoms with Gasteiger partial charge in [-0.15, -0.1) is 0 Å². The Labute approximate surface area is 142 Å². The van der Waals surface area contributed by atoms with E-state index in [1.54, 1.807) is 37.3 Å². The van der Waals surface area contributed by atoms with E-state index >= 15 is 0 Å². The Hall–Kier alpha value is -2.71. The normalized spacial score (nSPS) is 22.7. The first-order valence-corrected chi connectivity index (χ1v) is 7.83. The van der Waals surface area contributed by atoms with Crippen LogP contribution >= 0.6 is 0 Å². The molecule has 1 aliphatic rings. The van der Waals surface area contributed by atoms with Gasteiger partial charge in [-0.3, -0.25) is 14.3 Å². The molecule has 2 N–H and O–H groups in total. The summed E-state index contributed by atoms with van der Waals surface area (Å²) in [5.74, 6) is -0.517. The van der Waals surface area contributed by atoms with Crippen molar-refractivity contribution in [2.24, 2.45) is 0 Å². The van der Waals surface area contributed by atoms with E-state index in [1.807, 2.05) is 0 Å². The number of nitrogens with one attached hydrogen (secondary N) is 1. The summed E-state index contributed by atoms with van der Waals surface area (Å²) in [7, 11) is 0. The van der Waals surface area contributed by atoms with Gasteiger partial charge in [0.05, 0.1) is 11.7 Å². The Kier molecular flexibility index (Phi) is 4.82. The van der Waals surface area contributed by atoms with Gasteiger partial charge in [0.15, 0.2) is 0 Å².